The Morgan fingerprint density at radius 1 is 0.167 bits per heavy atom. The van der Waals surface area contributed by atoms with E-state index in [2.05, 4.69) is 499 Å². The maximum atomic E-state index is 4.67. The Hall–Kier alpha value is -14.3. The van der Waals surface area contributed by atoms with E-state index in [1.54, 1.807) is 0 Å². The average Bonchev–Trinajstić information content (AvgIpc) is 1.64. The summed E-state index contributed by atoms with van der Waals surface area (Å²) in [7, 11) is 0. The number of hydrogen-bond acceptors (Lipinski definition) is 6. The predicted octanol–water partition coefficient (Wildman–Crippen LogP) is 33.0. The Balaban J connectivity index is 0.0000000959. The fourth-order valence-electron chi connectivity index (χ4n) is 17.7. The molecule has 0 atom stereocenters. The average molecular weight is 2090 g/mol. The van der Waals surface area contributed by atoms with Gasteiger partial charge >= 0.3 is 0 Å². The van der Waals surface area contributed by atoms with Crippen LogP contribution in [0, 0.1) is 0 Å². The van der Waals surface area contributed by atoms with Gasteiger partial charge in [-0.1, -0.05) is 260 Å². The molecule has 0 unspecified atom stereocenters. The molecule has 0 aliphatic heterocycles. The zero-order valence-corrected chi connectivity index (χ0v) is 79.9. The quantitative estimate of drug-likeness (QED) is 0.140. The van der Waals surface area contributed by atoms with Crippen molar-refractivity contribution in [3.8, 4) is 56.4 Å². The molecule has 0 saturated carbocycles. The van der Waals surface area contributed by atoms with Crippen LogP contribution in [0.1, 0.15) is 0 Å². The maximum Gasteiger partial charge on any atom is 0.146 e. The summed E-state index contributed by atoms with van der Waals surface area (Å²) in [6, 6.07) is 145. The van der Waals surface area contributed by atoms with Crippen LogP contribution in [0.3, 0.4) is 0 Å². The van der Waals surface area contributed by atoms with Crippen molar-refractivity contribution in [2.24, 2.45) is 0 Å². The van der Waals surface area contributed by atoms with Crippen molar-refractivity contribution in [1.82, 2.24) is 57.3 Å². The molecule has 0 amide bonds. The van der Waals surface area contributed by atoms with E-state index in [9.17, 15) is 0 Å². The van der Waals surface area contributed by atoms with Gasteiger partial charge in [-0.05, 0) is 276 Å². The molecule has 26 aromatic rings. The van der Waals surface area contributed by atoms with E-state index in [0.29, 0.717) is 0 Å². The molecule has 12 aromatic heterocycles. The van der Waals surface area contributed by atoms with Crippen molar-refractivity contribution < 1.29 is 0 Å². The van der Waals surface area contributed by atoms with Crippen LogP contribution in [0.15, 0.2) is 477 Å². The molecule has 12 heterocycles. The normalized spacial score (nSPS) is 11.3. The number of pyridine rings is 6. The number of halogens is 6. The molecular weight excluding hydrogens is 2020 g/mol. The zero-order valence-electron chi connectivity index (χ0n) is 70.4. The molecule has 0 N–H and O–H groups in total. The van der Waals surface area contributed by atoms with Crippen LogP contribution in [0.2, 0.25) is 0 Å². The molecule has 0 spiro atoms. The summed E-state index contributed by atoms with van der Waals surface area (Å²) in [6.45, 7) is 0. The first-order valence-corrected chi connectivity index (χ1v) is 47.6. The van der Waals surface area contributed by atoms with Crippen molar-refractivity contribution in [3.05, 3.63) is 477 Å². The van der Waals surface area contributed by atoms with Crippen LogP contribution in [0.4, 0.5) is 0 Å². The van der Waals surface area contributed by atoms with Crippen LogP contribution in [0.5, 0.6) is 0 Å². The highest BCUT2D eigenvalue weighted by molar-refractivity contribution is 9.11. The Morgan fingerprint density at radius 2 is 0.515 bits per heavy atom. The van der Waals surface area contributed by atoms with Crippen LogP contribution in [-0.2, 0) is 0 Å². The number of benzene rings is 14. The monoisotopic (exact) mass is 2080 g/mol. The molecular formula is C114H74Br6N12. The lowest BCUT2D eigenvalue weighted by molar-refractivity contribution is 1.13. The number of hydrogen-bond donors (Lipinski definition) is 0. The van der Waals surface area contributed by atoms with E-state index >= 15 is 0 Å². The second kappa shape index (κ2) is 37.6. The standard InChI is InChI=1S/2C23H15BrN2.4C17H11BrN2/c24-18-11-12-22-21(15-18)20-10-5-13-25-23(20)26(22)19-9-4-8-17(14-19)16-6-2-1-3-7-16;24-18-10-13-22-21(15-18)20-7-4-14-25-23(20)26(22)19-11-8-17(9-12-19)16-5-2-1-3-6-16;18-12-10-16-17(19-11-12)14-8-4-5-9-15(14)20(16)13-6-2-1-3-7-13;18-17-10-16-14(11-19-17)13-8-4-5-9-15(13)20(16)12-6-2-1-3-7-12;18-16-11-10-14-13-8-4-5-9-15(13)20(17(14)19-16)12-6-2-1-3-7-12;18-12-8-9-16-15(11-12)14-7-4-10-19-17(14)20(16)13-5-2-1-3-6-13/h2*1-15H;4*1-11H. The minimum Gasteiger partial charge on any atom is -0.309 e. The van der Waals surface area contributed by atoms with Gasteiger partial charge in [0, 0.05) is 142 Å². The molecule has 0 aliphatic carbocycles. The number of para-hydroxylation sites is 7. The van der Waals surface area contributed by atoms with E-state index < -0.39 is 0 Å². The van der Waals surface area contributed by atoms with Gasteiger partial charge < -0.3 is 9.13 Å². The minimum absolute atomic E-state index is 0.852. The van der Waals surface area contributed by atoms with Crippen molar-refractivity contribution in [2.45, 2.75) is 0 Å². The summed E-state index contributed by atoms with van der Waals surface area (Å²) < 4.78 is 19.3. The maximum absolute atomic E-state index is 4.67. The Morgan fingerprint density at radius 3 is 1.01 bits per heavy atom. The van der Waals surface area contributed by atoms with Crippen LogP contribution in [0.25, 0.3) is 188 Å². The van der Waals surface area contributed by atoms with Gasteiger partial charge in [0.1, 0.15) is 31.8 Å². The molecule has 0 saturated heterocycles. The first-order valence-electron chi connectivity index (χ1n) is 42.8. The van der Waals surface area contributed by atoms with Crippen LogP contribution in [-0.4, -0.2) is 57.3 Å². The van der Waals surface area contributed by atoms with Crippen molar-refractivity contribution >= 4 is 227 Å². The first kappa shape index (κ1) is 84.5. The fraction of sp³-hybridized carbons (Fsp3) is 0. The summed E-state index contributed by atoms with van der Waals surface area (Å²) in [5.41, 5.74) is 26.0. The van der Waals surface area contributed by atoms with Gasteiger partial charge in [0.15, 0.2) is 0 Å². The van der Waals surface area contributed by atoms with Crippen LogP contribution >= 0.6 is 95.6 Å². The molecule has 0 fully saturated rings. The van der Waals surface area contributed by atoms with E-state index in [1.165, 1.54) is 98.3 Å². The van der Waals surface area contributed by atoms with Crippen molar-refractivity contribution in [1.29, 1.82) is 0 Å². The summed E-state index contributed by atoms with van der Waals surface area (Å²) >= 11 is 21.2. The molecule has 0 radical (unpaired) electrons. The third-order valence-electron chi connectivity index (χ3n) is 23.5. The summed E-state index contributed by atoms with van der Waals surface area (Å²) in [6.07, 6.45) is 9.33. The van der Waals surface area contributed by atoms with Gasteiger partial charge in [-0.25, -0.2) is 24.9 Å². The summed E-state index contributed by atoms with van der Waals surface area (Å²) in [5, 5.41) is 13.1. The largest absolute Gasteiger partial charge is 0.309 e. The Bertz CT molecular complexity index is 8350. The van der Waals surface area contributed by atoms with E-state index in [0.717, 1.165) is 117 Å². The lowest BCUT2D eigenvalue weighted by atomic mass is 10.1. The number of aromatic nitrogens is 12. The second-order valence-electron chi connectivity index (χ2n) is 31.4. The molecule has 132 heavy (non-hydrogen) atoms. The SMILES string of the molecule is Brc1cc2c(cn1)c1ccccc1n2-c1ccccc1.Brc1ccc2c(c1)c1cccnc1n2-c1ccc(-c2ccccc2)cc1.Brc1ccc2c(c1)c1cccnc1n2-c1cccc(-c2ccccc2)c1.Brc1ccc2c(c1)c1cccnc1n2-c1ccccc1.Brc1ccc2c3ccccc3n(-c3ccccc3)c2n1.Brc1cnc2c3ccccc3n(-c3ccccc3)c2c1. The van der Waals surface area contributed by atoms with Gasteiger partial charge in [-0.15, -0.1) is 0 Å². The topological polar surface area (TPSA) is 107 Å². The van der Waals surface area contributed by atoms with Gasteiger partial charge in [0.05, 0.1) is 49.7 Å². The van der Waals surface area contributed by atoms with Crippen molar-refractivity contribution in [3.63, 3.8) is 0 Å². The lowest BCUT2D eigenvalue weighted by Gasteiger charge is -2.09. The highest BCUT2D eigenvalue weighted by atomic mass is 79.9. The zero-order chi connectivity index (χ0) is 89.1. The lowest BCUT2D eigenvalue weighted by Crippen LogP contribution is -1.95. The molecule has 12 nitrogen and oxygen atoms in total. The van der Waals surface area contributed by atoms with E-state index in [-0.39, 0.29) is 0 Å². The summed E-state index contributed by atoms with van der Waals surface area (Å²) in [4.78, 5) is 27.5. The molecule has 0 bridgehead atoms. The number of fused-ring (bicyclic) bond motifs is 18. The number of nitrogens with zero attached hydrogens (tertiary/aromatic N) is 12. The van der Waals surface area contributed by atoms with Gasteiger partial charge in [-0.3, -0.25) is 23.3 Å². The van der Waals surface area contributed by atoms with E-state index in [4.69, 9.17) is 0 Å². The molecule has 14 aromatic carbocycles. The number of rotatable bonds is 8. The Labute approximate surface area is 809 Å². The smallest absolute Gasteiger partial charge is 0.146 e. The minimum atomic E-state index is 0.852. The van der Waals surface area contributed by atoms with Gasteiger partial charge in [0.25, 0.3) is 0 Å². The third-order valence-corrected chi connectivity index (χ3v) is 26.2. The first-order chi connectivity index (χ1) is 65.0. The van der Waals surface area contributed by atoms with Crippen molar-refractivity contribution in [2.75, 3.05) is 0 Å². The van der Waals surface area contributed by atoms with Gasteiger partial charge in [0.2, 0.25) is 0 Å². The third kappa shape index (κ3) is 16.7. The Kier molecular flexibility index (Phi) is 24.1. The highest BCUT2D eigenvalue weighted by Crippen LogP contribution is 2.41. The second-order valence-corrected chi connectivity index (χ2v) is 36.7. The highest BCUT2D eigenvalue weighted by Gasteiger charge is 2.21. The predicted molar refractivity (Wildman–Crippen MR) is 569 cm³/mol. The molecule has 632 valence electrons. The summed E-state index contributed by atoms with van der Waals surface area (Å²) in [5.74, 6) is 0. The fourth-order valence-corrected chi connectivity index (χ4v) is 19.7. The van der Waals surface area contributed by atoms with Gasteiger partial charge in [-0.2, -0.15) is 0 Å². The van der Waals surface area contributed by atoms with E-state index in [1.807, 2.05) is 104 Å². The van der Waals surface area contributed by atoms with Crippen LogP contribution < -0.4 is 0 Å². The molecule has 0 aliphatic rings. The molecule has 18 heteroatoms. The molecule has 26 rings (SSSR count).